The molecule has 0 radical (unpaired) electrons. The van der Waals surface area contributed by atoms with Crippen molar-refractivity contribution in [3.8, 4) is 11.5 Å². The normalized spacial score (nSPS) is 21.5. The average Bonchev–Trinajstić information content (AvgIpc) is 2.98. The van der Waals surface area contributed by atoms with Crippen LogP contribution in [0.4, 0.5) is 0 Å². The van der Waals surface area contributed by atoms with Crippen molar-refractivity contribution in [2.24, 2.45) is 5.92 Å². The molecule has 2 aliphatic heterocycles. The van der Waals surface area contributed by atoms with Gasteiger partial charge in [-0.2, -0.15) is 0 Å². The van der Waals surface area contributed by atoms with Gasteiger partial charge < -0.3 is 19.3 Å². The number of ether oxygens (including phenoxy) is 2. The first-order chi connectivity index (χ1) is 18.3. The van der Waals surface area contributed by atoms with Crippen LogP contribution in [-0.2, 0) is 6.42 Å². The summed E-state index contributed by atoms with van der Waals surface area (Å²) in [6.45, 7) is 7.15. The molecule has 37 heavy (non-hydrogen) atoms. The van der Waals surface area contributed by atoms with E-state index in [0.29, 0.717) is 12.5 Å². The van der Waals surface area contributed by atoms with E-state index >= 15 is 0 Å². The molecule has 4 heteroatoms. The maximum atomic E-state index is 6.12. The number of methoxy groups -OCH3 is 1. The van der Waals surface area contributed by atoms with E-state index in [1.54, 1.807) is 7.11 Å². The van der Waals surface area contributed by atoms with Gasteiger partial charge in [-0.15, -0.1) is 0 Å². The minimum absolute atomic E-state index is 0.653. The number of hydrogen-bond donors (Lipinski definition) is 0. The van der Waals surface area contributed by atoms with Gasteiger partial charge >= 0.3 is 0 Å². The van der Waals surface area contributed by atoms with Crippen molar-refractivity contribution < 1.29 is 9.47 Å². The fraction of sp³-hybridized carbons (Fsp3) is 0.636. The molecular formula is C33H48N2O2. The van der Waals surface area contributed by atoms with Gasteiger partial charge in [0.15, 0.2) is 0 Å². The van der Waals surface area contributed by atoms with Crippen LogP contribution >= 0.6 is 0 Å². The first kappa shape index (κ1) is 26.6. The lowest BCUT2D eigenvalue weighted by Crippen LogP contribution is -2.47. The van der Waals surface area contributed by atoms with E-state index in [0.717, 1.165) is 29.9 Å². The zero-order valence-corrected chi connectivity index (χ0v) is 23.1. The topological polar surface area (TPSA) is 24.9 Å². The van der Waals surface area contributed by atoms with Crippen molar-refractivity contribution in [1.29, 1.82) is 0 Å². The molecule has 1 atom stereocenters. The third-order valence-corrected chi connectivity index (χ3v) is 9.26. The van der Waals surface area contributed by atoms with Crippen molar-refractivity contribution in [3.05, 3.63) is 59.7 Å². The zero-order chi connectivity index (χ0) is 25.3. The van der Waals surface area contributed by atoms with Gasteiger partial charge in [-0.05, 0) is 112 Å². The lowest BCUT2D eigenvalue weighted by Gasteiger charge is -2.42. The van der Waals surface area contributed by atoms with E-state index in [9.17, 15) is 0 Å². The summed E-state index contributed by atoms with van der Waals surface area (Å²) >= 11 is 0. The third kappa shape index (κ3) is 7.51. The highest BCUT2D eigenvalue weighted by atomic mass is 16.5. The molecule has 2 aromatic rings. The molecule has 2 heterocycles. The molecule has 5 rings (SSSR count). The second-order valence-corrected chi connectivity index (χ2v) is 11.6. The van der Waals surface area contributed by atoms with E-state index in [2.05, 4.69) is 46.2 Å². The SMILES string of the molecule is COc1ccc(CCOc2ccc(C(CN3CCC(N4CCCCC4)CC3)C3CCCCC3)cc2)cc1. The largest absolute Gasteiger partial charge is 0.497 e. The number of piperidine rings is 2. The van der Waals surface area contributed by atoms with Crippen LogP contribution < -0.4 is 9.47 Å². The Kier molecular flexibility index (Phi) is 9.81. The molecule has 3 aliphatic rings. The van der Waals surface area contributed by atoms with E-state index in [4.69, 9.17) is 9.47 Å². The van der Waals surface area contributed by atoms with Crippen LogP contribution in [0, 0.1) is 5.92 Å². The molecule has 202 valence electrons. The molecule has 2 saturated heterocycles. The molecule has 1 saturated carbocycles. The Morgan fingerprint density at radius 3 is 2.05 bits per heavy atom. The smallest absolute Gasteiger partial charge is 0.119 e. The quantitative estimate of drug-likeness (QED) is 0.350. The lowest BCUT2D eigenvalue weighted by atomic mass is 9.76. The monoisotopic (exact) mass is 504 g/mol. The van der Waals surface area contributed by atoms with Crippen LogP contribution in [0.5, 0.6) is 11.5 Å². The second kappa shape index (κ2) is 13.7. The van der Waals surface area contributed by atoms with Crippen LogP contribution in [0.3, 0.4) is 0 Å². The molecule has 1 unspecified atom stereocenters. The Morgan fingerprint density at radius 2 is 1.38 bits per heavy atom. The van der Waals surface area contributed by atoms with Crippen molar-refractivity contribution in [1.82, 2.24) is 9.80 Å². The van der Waals surface area contributed by atoms with Gasteiger partial charge in [0.25, 0.3) is 0 Å². The second-order valence-electron chi connectivity index (χ2n) is 11.6. The first-order valence-corrected chi connectivity index (χ1v) is 15.1. The predicted molar refractivity (Wildman–Crippen MR) is 153 cm³/mol. The van der Waals surface area contributed by atoms with Crippen LogP contribution in [0.25, 0.3) is 0 Å². The molecule has 0 spiro atoms. The summed E-state index contributed by atoms with van der Waals surface area (Å²) in [4.78, 5) is 5.59. The highest BCUT2D eigenvalue weighted by Gasteiger charge is 2.30. The maximum Gasteiger partial charge on any atom is 0.119 e. The summed E-state index contributed by atoms with van der Waals surface area (Å²) in [5.41, 5.74) is 2.80. The molecule has 0 N–H and O–H groups in total. The average molecular weight is 505 g/mol. The summed E-state index contributed by atoms with van der Waals surface area (Å²) in [6, 6.07) is 18.3. The predicted octanol–water partition coefficient (Wildman–Crippen LogP) is 6.93. The van der Waals surface area contributed by atoms with Gasteiger partial charge in [-0.3, -0.25) is 0 Å². The summed E-state index contributed by atoms with van der Waals surface area (Å²) < 4.78 is 11.4. The zero-order valence-electron chi connectivity index (χ0n) is 23.1. The van der Waals surface area contributed by atoms with Crippen LogP contribution in [0.15, 0.2) is 48.5 Å². The fourth-order valence-electron chi connectivity index (χ4n) is 6.98. The molecule has 2 aromatic carbocycles. The molecule has 0 aromatic heterocycles. The Hall–Kier alpha value is -2.04. The highest BCUT2D eigenvalue weighted by Crippen LogP contribution is 2.38. The van der Waals surface area contributed by atoms with Crippen molar-refractivity contribution in [2.45, 2.75) is 82.6 Å². The maximum absolute atomic E-state index is 6.12. The minimum Gasteiger partial charge on any atom is -0.497 e. The first-order valence-electron chi connectivity index (χ1n) is 15.1. The van der Waals surface area contributed by atoms with Crippen molar-refractivity contribution >= 4 is 0 Å². The van der Waals surface area contributed by atoms with Crippen LogP contribution in [0.2, 0.25) is 0 Å². The molecule has 1 aliphatic carbocycles. The molecule has 0 amide bonds. The molecule has 3 fully saturated rings. The molecule has 0 bridgehead atoms. The van der Waals surface area contributed by atoms with E-state index in [-0.39, 0.29) is 0 Å². The number of hydrogen-bond acceptors (Lipinski definition) is 4. The number of rotatable bonds is 10. The minimum atomic E-state index is 0.653. The Balaban J connectivity index is 1.15. The third-order valence-electron chi connectivity index (χ3n) is 9.26. The van der Waals surface area contributed by atoms with Gasteiger partial charge in [0, 0.05) is 19.0 Å². The standard InChI is InChI=1S/C33H48N2O2/c1-36-31-14-10-27(11-15-31)20-25-37-32-16-12-29(13-17-32)33(28-8-4-2-5-9-28)26-34-23-18-30(19-24-34)35-21-6-3-7-22-35/h10-17,28,30,33H,2-9,18-26H2,1H3. The van der Waals surface area contributed by atoms with Crippen LogP contribution in [-0.4, -0.2) is 62.3 Å². The van der Waals surface area contributed by atoms with Gasteiger partial charge in [0.1, 0.15) is 11.5 Å². The lowest BCUT2D eigenvalue weighted by molar-refractivity contribution is 0.0845. The summed E-state index contributed by atoms with van der Waals surface area (Å²) in [6.07, 6.45) is 14.9. The van der Waals surface area contributed by atoms with Gasteiger partial charge in [0.2, 0.25) is 0 Å². The highest BCUT2D eigenvalue weighted by molar-refractivity contribution is 5.31. The van der Waals surface area contributed by atoms with Crippen molar-refractivity contribution in [2.75, 3.05) is 46.4 Å². The van der Waals surface area contributed by atoms with E-state index in [1.165, 1.54) is 108 Å². The van der Waals surface area contributed by atoms with Gasteiger partial charge in [-0.1, -0.05) is 49.9 Å². The summed E-state index contributed by atoms with van der Waals surface area (Å²) in [7, 11) is 1.71. The number of benzene rings is 2. The molecule has 4 nitrogen and oxygen atoms in total. The van der Waals surface area contributed by atoms with Crippen LogP contribution in [0.1, 0.15) is 81.3 Å². The van der Waals surface area contributed by atoms with E-state index in [1.807, 2.05) is 12.1 Å². The van der Waals surface area contributed by atoms with Crippen molar-refractivity contribution in [3.63, 3.8) is 0 Å². The van der Waals surface area contributed by atoms with Gasteiger partial charge in [0.05, 0.1) is 13.7 Å². The fourth-order valence-corrected chi connectivity index (χ4v) is 6.98. The number of likely N-dealkylation sites (tertiary alicyclic amines) is 2. The van der Waals surface area contributed by atoms with E-state index < -0.39 is 0 Å². The Labute approximate surface area is 225 Å². The summed E-state index contributed by atoms with van der Waals surface area (Å²) in [5.74, 6) is 3.37. The Bertz CT molecular complexity index is 908. The number of nitrogens with zero attached hydrogens (tertiary/aromatic N) is 2. The van der Waals surface area contributed by atoms with Gasteiger partial charge in [-0.25, -0.2) is 0 Å². The Morgan fingerprint density at radius 1 is 0.730 bits per heavy atom. The molecular weight excluding hydrogens is 456 g/mol. The summed E-state index contributed by atoms with van der Waals surface area (Å²) in [5, 5.41) is 0.